The number of fused-ring (bicyclic) bond motifs is 3. The zero-order valence-electron chi connectivity index (χ0n) is 10.5. The molecule has 0 aliphatic rings. The Balaban J connectivity index is 2.52. The van der Waals surface area contributed by atoms with Gasteiger partial charge >= 0.3 is 5.63 Å². The van der Waals surface area contributed by atoms with Crippen LogP contribution in [0.5, 0.6) is 5.75 Å². The molecule has 20 heavy (non-hydrogen) atoms. The number of quaternary nitrogens is 1. The highest BCUT2D eigenvalue weighted by Gasteiger charge is 2.14. The van der Waals surface area contributed by atoms with Crippen molar-refractivity contribution in [3.63, 3.8) is 0 Å². The summed E-state index contributed by atoms with van der Waals surface area (Å²) < 4.78 is 10.3. The number of methoxy groups -OCH3 is 1. The molecule has 0 amide bonds. The average Bonchev–Trinajstić information content (AvgIpc) is 2.45. The first-order valence-corrected chi connectivity index (χ1v) is 5.88. The molecule has 1 aromatic heterocycles. The molecule has 3 rings (SSSR count). The molecule has 0 aliphatic heterocycles. The molecule has 0 aliphatic carbocycles. The fraction of sp³-hybridized carbons (Fsp3) is 0.0714. The predicted molar refractivity (Wildman–Crippen MR) is 72.3 cm³/mol. The number of benzene rings is 2. The minimum atomic E-state index is -1.07. The van der Waals surface area contributed by atoms with Crippen LogP contribution >= 0.6 is 0 Å². The van der Waals surface area contributed by atoms with Crippen LogP contribution in [0.1, 0.15) is 0 Å². The monoisotopic (exact) mass is 273 g/mol. The summed E-state index contributed by atoms with van der Waals surface area (Å²) in [5.74, 6) is 0.605. The second kappa shape index (κ2) is 4.61. The Morgan fingerprint density at radius 1 is 1.20 bits per heavy atom. The highest BCUT2D eigenvalue weighted by Crippen LogP contribution is 2.31. The van der Waals surface area contributed by atoms with Crippen molar-refractivity contribution in [3.8, 4) is 5.75 Å². The fourth-order valence-electron chi connectivity index (χ4n) is 2.22. The Bertz CT molecular complexity index is 853. The molecular formula is C14H11NO5. The lowest BCUT2D eigenvalue weighted by Crippen LogP contribution is -2.99. The van der Waals surface area contributed by atoms with E-state index >= 15 is 0 Å². The van der Waals surface area contributed by atoms with E-state index in [0.29, 0.717) is 21.9 Å². The number of rotatable bonds is 2. The maximum atomic E-state index is 11.4. The SMILES string of the molecule is COc1ccc2cc([NH+]([O-])O)c3ccc(=O)oc3c2c1. The van der Waals surface area contributed by atoms with Crippen LogP contribution in [0, 0.1) is 5.21 Å². The van der Waals surface area contributed by atoms with Crippen LogP contribution < -0.4 is 15.6 Å². The maximum absolute atomic E-state index is 11.4. The molecule has 0 fully saturated rings. The summed E-state index contributed by atoms with van der Waals surface area (Å²) in [6.07, 6.45) is 0. The second-order valence-corrected chi connectivity index (χ2v) is 4.31. The van der Waals surface area contributed by atoms with Crippen LogP contribution in [0.4, 0.5) is 5.69 Å². The van der Waals surface area contributed by atoms with E-state index < -0.39 is 10.9 Å². The first kappa shape index (κ1) is 12.6. The Labute approximate surface area is 112 Å². The molecule has 6 nitrogen and oxygen atoms in total. The number of ether oxygens (including phenoxy) is 1. The third kappa shape index (κ3) is 1.92. The van der Waals surface area contributed by atoms with Gasteiger partial charge in [0.1, 0.15) is 5.75 Å². The van der Waals surface area contributed by atoms with Gasteiger partial charge in [0, 0.05) is 17.5 Å². The Morgan fingerprint density at radius 3 is 2.70 bits per heavy atom. The zero-order chi connectivity index (χ0) is 14.3. The molecular weight excluding hydrogens is 262 g/mol. The highest BCUT2D eigenvalue weighted by molar-refractivity contribution is 6.08. The lowest BCUT2D eigenvalue weighted by molar-refractivity contribution is -0.990. The van der Waals surface area contributed by atoms with Crippen molar-refractivity contribution in [2.75, 3.05) is 7.11 Å². The third-order valence-electron chi connectivity index (χ3n) is 3.16. The van der Waals surface area contributed by atoms with E-state index in [1.165, 1.54) is 19.2 Å². The molecule has 1 heterocycles. The van der Waals surface area contributed by atoms with E-state index in [1.807, 2.05) is 0 Å². The van der Waals surface area contributed by atoms with E-state index in [2.05, 4.69) is 0 Å². The van der Waals surface area contributed by atoms with Crippen LogP contribution in [-0.4, -0.2) is 12.3 Å². The van der Waals surface area contributed by atoms with Gasteiger partial charge in [-0.15, -0.1) is 0 Å². The summed E-state index contributed by atoms with van der Waals surface area (Å²) in [6.45, 7) is 0. The van der Waals surface area contributed by atoms with Crippen molar-refractivity contribution in [3.05, 3.63) is 52.0 Å². The van der Waals surface area contributed by atoms with Crippen molar-refractivity contribution in [2.24, 2.45) is 0 Å². The minimum Gasteiger partial charge on any atom is -0.595 e. The maximum Gasteiger partial charge on any atom is 0.336 e. The van der Waals surface area contributed by atoms with Gasteiger partial charge in [-0.2, -0.15) is 5.23 Å². The third-order valence-corrected chi connectivity index (χ3v) is 3.16. The van der Waals surface area contributed by atoms with Gasteiger partial charge in [-0.05, 0) is 23.6 Å². The molecule has 2 N–H and O–H groups in total. The quantitative estimate of drug-likeness (QED) is 0.418. The summed E-state index contributed by atoms with van der Waals surface area (Å²) in [7, 11) is 1.53. The summed E-state index contributed by atoms with van der Waals surface area (Å²) in [5, 5.41) is 21.2. The summed E-state index contributed by atoms with van der Waals surface area (Å²) in [6, 6.07) is 9.39. The normalized spacial score (nSPS) is 12.8. The largest absolute Gasteiger partial charge is 0.595 e. The van der Waals surface area contributed by atoms with Crippen molar-refractivity contribution in [1.29, 1.82) is 0 Å². The molecule has 102 valence electrons. The molecule has 0 bridgehead atoms. The Morgan fingerprint density at radius 2 is 2.00 bits per heavy atom. The van der Waals surface area contributed by atoms with Gasteiger partial charge in [0.25, 0.3) is 0 Å². The van der Waals surface area contributed by atoms with Crippen LogP contribution in [-0.2, 0) is 0 Å². The molecule has 1 unspecified atom stereocenters. The van der Waals surface area contributed by atoms with Gasteiger partial charge < -0.3 is 14.4 Å². The number of hydrogen-bond donors (Lipinski definition) is 2. The van der Waals surface area contributed by atoms with Gasteiger partial charge in [0.2, 0.25) is 0 Å². The van der Waals surface area contributed by atoms with E-state index in [-0.39, 0.29) is 11.3 Å². The molecule has 0 spiro atoms. The number of hydrogen-bond acceptors (Lipinski definition) is 5. The fourth-order valence-corrected chi connectivity index (χ4v) is 2.22. The smallest absolute Gasteiger partial charge is 0.336 e. The van der Waals surface area contributed by atoms with Crippen molar-refractivity contribution >= 4 is 27.4 Å². The summed E-state index contributed by atoms with van der Waals surface area (Å²) in [4.78, 5) is 11.4. The molecule has 1 atom stereocenters. The van der Waals surface area contributed by atoms with Crippen molar-refractivity contribution in [2.45, 2.75) is 0 Å². The van der Waals surface area contributed by atoms with Gasteiger partial charge in [-0.3, -0.25) is 0 Å². The minimum absolute atomic E-state index is 0.0985. The van der Waals surface area contributed by atoms with Gasteiger partial charge in [-0.1, -0.05) is 6.07 Å². The molecule has 3 aromatic rings. The van der Waals surface area contributed by atoms with E-state index in [4.69, 9.17) is 9.15 Å². The highest BCUT2D eigenvalue weighted by atomic mass is 16.8. The van der Waals surface area contributed by atoms with Crippen LogP contribution in [0.15, 0.2) is 45.6 Å². The molecule has 0 saturated heterocycles. The predicted octanol–water partition coefficient (Wildman–Crippen LogP) is 1.36. The van der Waals surface area contributed by atoms with Crippen LogP contribution in [0.25, 0.3) is 21.7 Å². The van der Waals surface area contributed by atoms with Crippen molar-refractivity contribution in [1.82, 2.24) is 0 Å². The number of nitrogens with one attached hydrogen (secondary N) is 1. The molecule has 0 saturated carbocycles. The first-order valence-electron chi connectivity index (χ1n) is 5.88. The van der Waals surface area contributed by atoms with Crippen LogP contribution in [0.3, 0.4) is 0 Å². The van der Waals surface area contributed by atoms with Crippen LogP contribution in [0.2, 0.25) is 0 Å². The average molecular weight is 273 g/mol. The van der Waals surface area contributed by atoms with Crippen molar-refractivity contribution < 1.29 is 19.6 Å². The van der Waals surface area contributed by atoms with E-state index in [1.54, 1.807) is 24.3 Å². The first-order chi connectivity index (χ1) is 9.60. The second-order valence-electron chi connectivity index (χ2n) is 4.31. The molecule has 6 heteroatoms. The topological polar surface area (TPSA) is 87.2 Å². The Kier molecular flexibility index (Phi) is 2.90. The summed E-state index contributed by atoms with van der Waals surface area (Å²) in [5.41, 5.74) is -0.170. The lowest BCUT2D eigenvalue weighted by atomic mass is 10.0. The van der Waals surface area contributed by atoms with Gasteiger partial charge in [0.15, 0.2) is 11.3 Å². The molecule has 2 aromatic carbocycles. The summed E-state index contributed by atoms with van der Waals surface area (Å²) >= 11 is 0. The lowest BCUT2D eigenvalue weighted by Gasteiger charge is -2.15. The van der Waals surface area contributed by atoms with E-state index in [9.17, 15) is 15.2 Å². The van der Waals surface area contributed by atoms with Gasteiger partial charge in [0.05, 0.1) is 12.5 Å². The Hall–Kier alpha value is -2.41. The standard InChI is InChI=1S/C14H11NO5/c1-19-9-3-2-8-6-12(15(17)18)10-4-5-13(16)20-14(10)11(8)7-9/h2-7,15,17H,1H3. The molecule has 0 radical (unpaired) electrons. The van der Waals surface area contributed by atoms with Gasteiger partial charge in [-0.25, -0.2) is 10.0 Å². The van der Waals surface area contributed by atoms with E-state index in [0.717, 1.165) is 0 Å². The zero-order valence-corrected chi connectivity index (χ0v) is 10.5.